The Balaban J connectivity index is 1.80. The summed E-state index contributed by atoms with van der Waals surface area (Å²) >= 11 is 6.29. The van der Waals surface area contributed by atoms with E-state index in [9.17, 15) is 9.59 Å². The Kier molecular flexibility index (Phi) is 6.22. The summed E-state index contributed by atoms with van der Waals surface area (Å²) in [6, 6.07) is 15.4. The topological polar surface area (TPSA) is 69.0 Å². The number of anilines is 1. The fraction of sp³-hybridized carbons (Fsp3) is 0.241. The molecule has 4 aromatic rings. The van der Waals surface area contributed by atoms with Gasteiger partial charge in [-0.1, -0.05) is 23.7 Å². The maximum absolute atomic E-state index is 13.9. The first-order valence-electron chi connectivity index (χ1n) is 11.9. The van der Waals surface area contributed by atoms with Crippen LogP contribution in [-0.4, -0.2) is 19.1 Å². The molecule has 1 aliphatic heterocycles. The smallest absolute Gasteiger partial charge is 0.295 e. The van der Waals surface area contributed by atoms with Crippen molar-refractivity contribution in [2.24, 2.45) is 0 Å². The van der Waals surface area contributed by atoms with Crippen molar-refractivity contribution < 1.29 is 18.7 Å². The van der Waals surface area contributed by atoms with Gasteiger partial charge in [-0.05, 0) is 86.8 Å². The van der Waals surface area contributed by atoms with E-state index in [1.54, 1.807) is 41.3 Å². The van der Waals surface area contributed by atoms with Crippen molar-refractivity contribution in [3.8, 4) is 11.5 Å². The van der Waals surface area contributed by atoms with Crippen LogP contribution < -0.4 is 19.8 Å². The third-order valence-electron chi connectivity index (χ3n) is 6.46. The van der Waals surface area contributed by atoms with E-state index in [-0.39, 0.29) is 11.2 Å². The number of carbonyl (C=O) groups is 1. The molecule has 1 amide bonds. The number of nitrogens with zero attached hydrogens (tertiary/aromatic N) is 1. The molecule has 3 aromatic carbocycles. The highest BCUT2D eigenvalue weighted by Gasteiger charge is 2.44. The Morgan fingerprint density at radius 3 is 2.36 bits per heavy atom. The van der Waals surface area contributed by atoms with Gasteiger partial charge in [-0.3, -0.25) is 14.5 Å². The first kappa shape index (κ1) is 23.9. The summed E-state index contributed by atoms with van der Waals surface area (Å²) in [6.45, 7) is 8.60. The molecule has 0 spiro atoms. The lowest BCUT2D eigenvalue weighted by molar-refractivity contribution is 0.0971. The second-order valence-corrected chi connectivity index (χ2v) is 9.17. The van der Waals surface area contributed by atoms with Crippen LogP contribution in [0.15, 0.2) is 63.8 Å². The first-order chi connectivity index (χ1) is 17.3. The van der Waals surface area contributed by atoms with E-state index in [1.165, 1.54) is 0 Å². The predicted molar refractivity (Wildman–Crippen MR) is 141 cm³/mol. The van der Waals surface area contributed by atoms with Gasteiger partial charge in [0.25, 0.3) is 5.91 Å². The summed E-state index contributed by atoms with van der Waals surface area (Å²) in [4.78, 5) is 29.3. The highest BCUT2D eigenvalue weighted by molar-refractivity contribution is 6.31. The zero-order valence-electron chi connectivity index (χ0n) is 20.6. The Bertz CT molecular complexity index is 1560. The molecule has 184 valence electrons. The normalized spacial score (nSPS) is 14.9. The Hall–Kier alpha value is -3.77. The molecule has 2 heterocycles. The third-order valence-corrected chi connectivity index (χ3v) is 6.69. The average Bonchev–Trinajstić information content (AvgIpc) is 3.14. The van der Waals surface area contributed by atoms with Gasteiger partial charge in [-0.2, -0.15) is 0 Å². The standard InChI is InChI=1S/C29H26ClNO5/c1-5-34-22-11-10-18(14-24(22)35-6-2)26-25-27(32)21-12-16(3)17(4)13-23(21)36-28(25)29(33)31(26)20-9-7-8-19(30)15-20/h7-15,26H,5-6H2,1-4H3. The van der Waals surface area contributed by atoms with Crippen LogP contribution in [0.1, 0.15) is 52.7 Å². The van der Waals surface area contributed by atoms with Crippen LogP contribution in [0.25, 0.3) is 11.0 Å². The van der Waals surface area contributed by atoms with Gasteiger partial charge in [0.05, 0.1) is 30.2 Å². The van der Waals surface area contributed by atoms with Gasteiger partial charge in [0.15, 0.2) is 16.9 Å². The number of ether oxygens (including phenoxy) is 2. The van der Waals surface area contributed by atoms with E-state index in [1.807, 2.05) is 45.9 Å². The second kappa shape index (κ2) is 9.36. The summed E-state index contributed by atoms with van der Waals surface area (Å²) in [5.74, 6) is 0.771. The second-order valence-electron chi connectivity index (χ2n) is 8.74. The van der Waals surface area contributed by atoms with Crippen LogP contribution >= 0.6 is 11.6 Å². The van der Waals surface area contributed by atoms with E-state index in [2.05, 4.69) is 0 Å². The quantitative estimate of drug-likeness (QED) is 0.296. The van der Waals surface area contributed by atoms with E-state index in [0.29, 0.717) is 57.5 Å². The molecule has 0 bridgehead atoms. The van der Waals surface area contributed by atoms with E-state index in [4.69, 9.17) is 25.5 Å². The Morgan fingerprint density at radius 2 is 1.64 bits per heavy atom. The summed E-state index contributed by atoms with van der Waals surface area (Å²) in [5.41, 5.74) is 3.67. The van der Waals surface area contributed by atoms with Crippen molar-refractivity contribution in [1.29, 1.82) is 0 Å². The molecule has 7 heteroatoms. The van der Waals surface area contributed by atoms with Gasteiger partial charge < -0.3 is 13.9 Å². The Labute approximate surface area is 214 Å². The van der Waals surface area contributed by atoms with Crippen molar-refractivity contribution >= 4 is 34.2 Å². The van der Waals surface area contributed by atoms with Crippen molar-refractivity contribution in [2.75, 3.05) is 18.1 Å². The van der Waals surface area contributed by atoms with Gasteiger partial charge in [0.2, 0.25) is 5.76 Å². The lowest BCUT2D eigenvalue weighted by Crippen LogP contribution is -2.29. The summed E-state index contributed by atoms with van der Waals surface area (Å²) in [5, 5.41) is 0.922. The lowest BCUT2D eigenvalue weighted by Gasteiger charge is -2.26. The number of hydrogen-bond acceptors (Lipinski definition) is 5. The highest BCUT2D eigenvalue weighted by Crippen LogP contribution is 2.43. The van der Waals surface area contributed by atoms with Gasteiger partial charge in [0.1, 0.15) is 5.58 Å². The molecule has 0 radical (unpaired) electrons. The molecule has 6 nitrogen and oxygen atoms in total. The zero-order valence-corrected chi connectivity index (χ0v) is 21.3. The fourth-order valence-corrected chi connectivity index (χ4v) is 4.86. The number of benzene rings is 3. The minimum Gasteiger partial charge on any atom is -0.490 e. The Morgan fingerprint density at radius 1 is 0.917 bits per heavy atom. The molecule has 0 aliphatic carbocycles. The van der Waals surface area contributed by atoms with Crippen LogP contribution in [0, 0.1) is 13.8 Å². The van der Waals surface area contributed by atoms with E-state index >= 15 is 0 Å². The molecule has 1 unspecified atom stereocenters. The molecule has 0 saturated heterocycles. The minimum atomic E-state index is -0.733. The SMILES string of the molecule is CCOc1ccc(C2c3c(oc4cc(C)c(C)cc4c3=O)C(=O)N2c2cccc(Cl)c2)cc1OCC. The number of amides is 1. The maximum atomic E-state index is 13.9. The number of hydrogen-bond donors (Lipinski definition) is 0. The van der Waals surface area contributed by atoms with Crippen molar-refractivity contribution in [3.05, 3.63) is 97.9 Å². The lowest BCUT2D eigenvalue weighted by atomic mass is 9.97. The van der Waals surface area contributed by atoms with E-state index in [0.717, 1.165) is 11.1 Å². The van der Waals surface area contributed by atoms with Crippen molar-refractivity contribution in [1.82, 2.24) is 0 Å². The van der Waals surface area contributed by atoms with Gasteiger partial charge in [0, 0.05) is 10.7 Å². The molecule has 0 saturated carbocycles. The monoisotopic (exact) mass is 503 g/mol. The third kappa shape index (κ3) is 3.91. The number of aryl methyl sites for hydroxylation is 2. The van der Waals surface area contributed by atoms with Crippen LogP contribution in [0.3, 0.4) is 0 Å². The largest absolute Gasteiger partial charge is 0.490 e. The molecule has 1 aromatic heterocycles. The van der Waals surface area contributed by atoms with Crippen molar-refractivity contribution in [3.63, 3.8) is 0 Å². The van der Waals surface area contributed by atoms with Gasteiger partial charge in [-0.15, -0.1) is 0 Å². The fourth-order valence-electron chi connectivity index (χ4n) is 4.67. The molecule has 0 fully saturated rings. The average molecular weight is 504 g/mol. The number of fused-ring (bicyclic) bond motifs is 2. The molecule has 5 rings (SSSR count). The summed E-state index contributed by atoms with van der Waals surface area (Å²) < 4.78 is 17.7. The molecule has 1 aliphatic rings. The highest BCUT2D eigenvalue weighted by atomic mass is 35.5. The summed E-state index contributed by atoms with van der Waals surface area (Å²) in [6.07, 6.45) is 0. The number of rotatable bonds is 6. The molecular weight excluding hydrogens is 478 g/mol. The number of carbonyl (C=O) groups excluding carboxylic acids is 1. The van der Waals surface area contributed by atoms with Crippen molar-refractivity contribution in [2.45, 2.75) is 33.7 Å². The first-order valence-corrected chi connectivity index (χ1v) is 12.3. The van der Waals surface area contributed by atoms with Crippen LogP contribution in [-0.2, 0) is 0 Å². The predicted octanol–water partition coefficient (Wildman–Crippen LogP) is 6.61. The molecule has 0 N–H and O–H groups in total. The van der Waals surface area contributed by atoms with Crippen LogP contribution in [0.5, 0.6) is 11.5 Å². The zero-order chi connectivity index (χ0) is 25.6. The van der Waals surface area contributed by atoms with Gasteiger partial charge >= 0.3 is 0 Å². The van der Waals surface area contributed by atoms with E-state index < -0.39 is 11.9 Å². The van der Waals surface area contributed by atoms with Crippen LogP contribution in [0.4, 0.5) is 5.69 Å². The molecule has 1 atom stereocenters. The molecular formula is C29H26ClNO5. The molecule has 36 heavy (non-hydrogen) atoms. The number of halogens is 1. The van der Waals surface area contributed by atoms with Gasteiger partial charge in [-0.25, -0.2) is 0 Å². The summed E-state index contributed by atoms with van der Waals surface area (Å²) in [7, 11) is 0. The maximum Gasteiger partial charge on any atom is 0.295 e. The minimum absolute atomic E-state index is 0.0348. The van der Waals surface area contributed by atoms with Crippen LogP contribution in [0.2, 0.25) is 5.02 Å².